The van der Waals surface area contributed by atoms with Gasteiger partial charge >= 0.3 is 0 Å². The van der Waals surface area contributed by atoms with Gasteiger partial charge in [0.15, 0.2) is 11.5 Å². The van der Waals surface area contributed by atoms with E-state index in [0.717, 1.165) is 52.3 Å². The third-order valence-electron chi connectivity index (χ3n) is 7.36. The van der Waals surface area contributed by atoms with E-state index in [1.807, 2.05) is 36.1 Å². The number of rotatable bonds is 10. The van der Waals surface area contributed by atoms with Crippen LogP contribution in [0.1, 0.15) is 52.3 Å². The first kappa shape index (κ1) is 24.8. The first-order valence-electron chi connectivity index (χ1n) is 12.7. The molecule has 190 valence electrons. The van der Waals surface area contributed by atoms with Crippen molar-refractivity contribution >= 4 is 17.2 Å². The number of amides is 1. The summed E-state index contributed by atoms with van der Waals surface area (Å²) in [5.74, 6) is 2.15. The molecule has 1 unspecified atom stereocenters. The van der Waals surface area contributed by atoms with Gasteiger partial charge in [0.1, 0.15) is 5.69 Å². The van der Waals surface area contributed by atoms with Crippen LogP contribution in [-0.4, -0.2) is 43.1 Å². The fourth-order valence-electron chi connectivity index (χ4n) is 5.03. The number of nitrogens with zero attached hydrogens (tertiary/aromatic N) is 2. The van der Waals surface area contributed by atoms with Gasteiger partial charge in [-0.1, -0.05) is 35.9 Å². The SMILES string of the molecule is COc1ccc(C(N)(CN(CC2CC2)C(=O)c2nc(C)sc2-c2cccc(C)c2)C2CC2)cc1OC. The van der Waals surface area contributed by atoms with Crippen molar-refractivity contribution in [3.05, 3.63) is 64.3 Å². The molecule has 2 fully saturated rings. The number of hydrogen-bond acceptors (Lipinski definition) is 6. The number of carbonyl (C=O) groups is 1. The van der Waals surface area contributed by atoms with Crippen LogP contribution in [-0.2, 0) is 5.54 Å². The van der Waals surface area contributed by atoms with Crippen LogP contribution in [0.25, 0.3) is 10.4 Å². The van der Waals surface area contributed by atoms with E-state index in [1.54, 1.807) is 25.6 Å². The molecule has 7 heteroatoms. The van der Waals surface area contributed by atoms with Crippen molar-refractivity contribution in [2.24, 2.45) is 17.6 Å². The second-order valence-electron chi connectivity index (χ2n) is 10.3. The largest absolute Gasteiger partial charge is 0.493 e. The molecule has 36 heavy (non-hydrogen) atoms. The highest BCUT2D eigenvalue weighted by Crippen LogP contribution is 2.47. The summed E-state index contributed by atoms with van der Waals surface area (Å²) in [5, 5.41) is 0.891. The molecular formula is C29H35N3O3S. The van der Waals surface area contributed by atoms with Crippen molar-refractivity contribution in [3.8, 4) is 21.9 Å². The average Bonchev–Trinajstić information content (AvgIpc) is 3.81. The van der Waals surface area contributed by atoms with Gasteiger partial charge in [0.2, 0.25) is 0 Å². The monoisotopic (exact) mass is 505 g/mol. The van der Waals surface area contributed by atoms with Crippen molar-refractivity contribution in [1.82, 2.24) is 9.88 Å². The quantitative estimate of drug-likeness (QED) is 0.390. The number of aromatic nitrogens is 1. The van der Waals surface area contributed by atoms with Crippen molar-refractivity contribution in [2.75, 3.05) is 27.3 Å². The van der Waals surface area contributed by atoms with Gasteiger partial charge in [-0.25, -0.2) is 4.98 Å². The van der Waals surface area contributed by atoms with E-state index in [9.17, 15) is 4.79 Å². The van der Waals surface area contributed by atoms with Crippen LogP contribution in [0.5, 0.6) is 11.5 Å². The highest BCUT2D eigenvalue weighted by Gasteiger charge is 2.46. The zero-order chi connectivity index (χ0) is 25.4. The van der Waals surface area contributed by atoms with E-state index >= 15 is 0 Å². The Morgan fingerprint density at radius 2 is 1.83 bits per heavy atom. The van der Waals surface area contributed by atoms with Crippen molar-refractivity contribution < 1.29 is 14.3 Å². The van der Waals surface area contributed by atoms with Crippen molar-refractivity contribution in [3.63, 3.8) is 0 Å². The molecule has 1 aromatic heterocycles. The maximum atomic E-state index is 14.1. The summed E-state index contributed by atoms with van der Waals surface area (Å²) >= 11 is 1.58. The zero-order valence-electron chi connectivity index (χ0n) is 21.5. The van der Waals surface area contributed by atoms with Gasteiger partial charge in [0.05, 0.1) is 29.6 Å². The van der Waals surface area contributed by atoms with Crippen LogP contribution < -0.4 is 15.2 Å². The molecule has 2 aliphatic rings. The zero-order valence-corrected chi connectivity index (χ0v) is 22.4. The van der Waals surface area contributed by atoms with Gasteiger partial charge < -0.3 is 20.1 Å². The van der Waals surface area contributed by atoms with Crippen molar-refractivity contribution in [2.45, 2.75) is 45.1 Å². The number of nitrogens with two attached hydrogens (primary N) is 1. The summed E-state index contributed by atoms with van der Waals surface area (Å²) in [7, 11) is 3.27. The first-order valence-corrected chi connectivity index (χ1v) is 13.5. The van der Waals surface area contributed by atoms with E-state index in [-0.39, 0.29) is 5.91 Å². The normalized spacial score (nSPS) is 16.9. The van der Waals surface area contributed by atoms with E-state index in [2.05, 4.69) is 25.1 Å². The molecule has 2 aliphatic carbocycles. The van der Waals surface area contributed by atoms with Crippen LogP contribution in [0, 0.1) is 25.7 Å². The Kier molecular flexibility index (Phi) is 6.79. The smallest absolute Gasteiger partial charge is 0.274 e. The third-order valence-corrected chi connectivity index (χ3v) is 8.38. The Hall–Kier alpha value is -2.90. The molecule has 0 radical (unpaired) electrons. The lowest BCUT2D eigenvalue weighted by Crippen LogP contribution is -2.51. The van der Waals surface area contributed by atoms with Gasteiger partial charge in [-0.2, -0.15) is 0 Å². The van der Waals surface area contributed by atoms with E-state index in [0.29, 0.717) is 42.1 Å². The highest BCUT2D eigenvalue weighted by molar-refractivity contribution is 7.15. The number of thiazole rings is 1. The summed E-state index contributed by atoms with van der Waals surface area (Å²) in [4.78, 5) is 21.8. The summed E-state index contributed by atoms with van der Waals surface area (Å²) in [6.07, 6.45) is 4.42. The maximum Gasteiger partial charge on any atom is 0.274 e. The second kappa shape index (κ2) is 9.87. The van der Waals surface area contributed by atoms with E-state index in [1.165, 1.54) is 0 Å². The van der Waals surface area contributed by atoms with Crippen LogP contribution in [0.2, 0.25) is 0 Å². The molecule has 2 saturated carbocycles. The molecule has 0 bridgehead atoms. The Labute approximate surface area is 217 Å². The first-order chi connectivity index (χ1) is 17.3. The maximum absolute atomic E-state index is 14.1. The number of methoxy groups -OCH3 is 2. The Morgan fingerprint density at radius 3 is 2.47 bits per heavy atom. The summed E-state index contributed by atoms with van der Waals surface area (Å²) in [6, 6.07) is 14.2. The predicted octanol–water partition coefficient (Wildman–Crippen LogP) is 5.56. The predicted molar refractivity (Wildman–Crippen MR) is 144 cm³/mol. The van der Waals surface area contributed by atoms with E-state index in [4.69, 9.17) is 20.2 Å². The molecule has 0 aliphatic heterocycles. The minimum absolute atomic E-state index is 0.0290. The lowest BCUT2D eigenvalue weighted by molar-refractivity contribution is 0.0686. The number of benzene rings is 2. The Bertz CT molecular complexity index is 1260. The minimum atomic E-state index is -0.668. The molecule has 1 amide bonds. The third kappa shape index (κ3) is 5.00. The molecule has 1 atom stereocenters. The molecule has 3 aromatic rings. The molecule has 5 rings (SSSR count). The lowest BCUT2D eigenvalue weighted by atomic mass is 9.84. The van der Waals surface area contributed by atoms with Gasteiger partial charge in [-0.05, 0) is 74.6 Å². The number of aryl methyl sites for hydroxylation is 2. The standard InChI is InChI=1S/C29H35N3O3S/c1-18-6-5-7-21(14-18)27-26(31-19(2)36-27)28(33)32(16-20-8-9-20)17-29(30,22-10-11-22)23-12-13-24(34-3)25(15-23)35-4/h5-7,12-15,20,22H,8-11,16-17,30H2,1-4H3. The fourth-order valence-corrected chi connectivity index (χ4v) is 5.94. The topological polar surface area (TPSA) is 77.7 Å². The van der Waals surface area contributed by atoms with Crippen LogP contribution in [0.15, 0.2) is 42.5 Å². The minimum Gasteiger partial charge on any atom is -0.493 e. The Balaban J connectivity index is 1.51. The van der Waals surface area contributed by atoms with Crippen LogP contribution in [0.4, 0.5) is 0 Å². The number of carbonyl (C=O) groups excluding carboxylic acids is 1. The molecule has 1 heterocycles. The molecular weight excluding hydrogens is 470 g/mol. The summed E-state index contributed by atoms with van der Waals surface area (Å²) in [5.41, 5.74) is 10.3. The lowest BCUT2D eigenvalue weighted by Gasteiger charge is -2.36. The average molecular weight is 506 g/mol. The molecule has 0 saturated heterocycles. The highest BCUT2D eigenvalue weighted by atomic mass is 32.1. The molecule has 0 spiro atoms. The van der Waals surface area contributed by atoms with Gasteiger partial charge in [0, 0.05) is 13.1 Å². The second-order valence-corrected chi connectivity index (χ2v) is 11.5. The molecule has 2 N–H and O–H groups in total. The number of hydrogen-bond donors (Lipinski definition) is 1. The van der Waals surface area contributed by atoms with Crippen LogP contribution >= 0.6 is 11.3 Å². The molecule has 6 nitrogen and oxygen atoms in total. The van der Waals surface area contributed by atoms with Gasteiger partial charge in [0.25, 0.3) is 5.91 Å². The van der Waals surface area contributed by atoms with Gasteiger partial charge in [-0.3, -0.25) is 4.79 Å². The summed E-state index contributed by atoms with van der Waals surface area (Å²) in [6.45, 7) is 5.20. The number of ether oxygens (including phenoxy) is 2. The van der Waals surface area contributed by atoms with Crippen molar-refractivity contribution in [1.29, 1.82) is 0 Å². The van der Waals surface area contributed by atoms with E-state index < -0.39 is 5.54 Å². The molecule has 2 aromatic carbocycles. The summed E-state index contributed by atoms with van der Waals surface area (Å²) < 4.78 is 11.0. The fraction of sp³-hybridized carbons (Fsp3) is 0.448. The Morgan fingerprint density at radius 1 is 1.08 bits per heavy atom. The van der Waals surface area contributed by atoms with Crippen LogP contribution in [0.3, 0.4) is 0 Å². The van der Waals surface area contributed by atoms with Gasteiger partial charge in [-0.15, -0.1) is 11.3 Å².